The number of carbonyl (C=O) groups is 2. The highest BCUT2D eigenvalue weighted by Gasteiger charge is 2.28. The van der Waals surface area contributed by atoms with Gasteiger partial charge in [0.15, 0.2) is 5.92 Å². The van der Waals surface area contributed by atoms with Crippen LogP contribution in [0.15, 0.2) is 30.3 Å². The summed E-state index contributed by atoms with van der Waals surface area (Å²) in [6, 6.07) is 9.05. The summed E-state index contributed by atoms with van der Waals surface area (Å²) in [4.78, 5) is 22.6. The predicted molar refractivity (Wildman–Crippen MR) is 63.9 cm³/mol. The quantitative estimate of drug-likeness (QED) is 0.591. The van der Waals surface area contributed by atoms with E-state index in [1.807, 2.05) is 18.2 Å². The summed E-state index contributed by atoms with van der Waals surface area (Å²) in [5.41, 5.74) is 0.808. The van der Waals surface area contributed by atoms with E-state index in [2.05, 4.69) is 4.74 Å². The summed E-state index contributed by atoms with van der Waals surface area (Å²) in [6.07, 6.45) is 0. The molecule has 6 nitrogen and oxygen atoms in total. The van der Waals surface area contributed by atoms with Crippen LogP contribution in [-0.4, -0.2) is 30.8 Å². The van der Waals surface area contributed by atoms with Crippen molar-refractivity contribution < 1.29 is 24.2 Å². The smallest absolute Gasteiger partial charge is 0.323 e. The Morgan fingerprint density at radius 1 is 1.22 bits per heavy atom. The third-order valence-electron chi connectivity index (χ3n) is 2.18. The van der Waals surface area contributed by atoms with Gasteiger partial charge in [0, 0.05) is 0 Å². The van der Waals surface area contributed by atoms with Crippen LogP contribution in [0.25, 0.3) is 0 Å². The van der Waals surface area contributed by atoms with E-state index in [-0.39, 0.29) is 12.8 Å². The van der Waals surface area contributed by atoms with Crippen molar-refractivity contribution in [3.8, 4) is 0 Å². The van der Waals surface area contributed by atoms with Crippen molar-refractivity contribution in [3.05, 3.63) is 35.9 Å². The first-order valence-electron chi connectivity index (χ1n) is 5.08. The average Bonchev–Trinajstić information content (AvgIpc) is 2.38. The van der Waals surface area contributed by atoms with E-state index in [0.29, 0.717) is 0 Å². The maximum Gasteiger partial charge on any atom is 0.323 e. The lowest BCUT2D eigenvalue weighted by molar-refractivity contribution is -0.163. The van der Waals surface area contributed by atoms with Gasteiger partial charge in [-0.3, -0.25) is 9.59 Å². The SMILES string of the molecule is COC(=O)[C@@H](CO)C(=O)OCc1ccccc1.N. The zero-order valence-electron chi connectivity index (χ0n) is 10.2. The standard InChI is InChI=1S/C12H14O5.H3N/c1-16-11(14)10(7-13)12(15)17-8-9-5-3-2-4-6-9;/h2-6,10,13H,7-8H2,1H3;1H3/t10-;/m1./s1. The van der Waals surface area contributed by atoms with Crippen LogP contribution >= 0.6 is 0 Å². The van der Waals surface area contributed by atoms with Gasteiger partial charge < -0.3 is 20.7 Å². The van der Waals surface area contributed by atoms with Crippen LogP contribution in [0, 0.1) is 5.92 Å². The highest BCUT2D eigenvalue weighted by Crippen LogP contribution is 2.06. The second-order valence-electron chi connectivity index (χ2n) is 3.35. The third kappa shape index (κ3) is 4.52. The van der Waals surface area contributed by atoms with Gasteiger partial charge in [-0.15, -0.1) is 0 Å². The average molecular weight is 255 g/mol. The Balaban J connectivity index is 0.00000289. The Morgan fingerprint density at radius 2 is 1.83 bits per heavy atom. The van der Waals surface area contributed by atoms with Gasteiger partial charge in [-0.05, 0) is 5.56 Å². The van der Waals surface area contributed by atoms with Crippen molar-refractivity contribution in [2.45, 2.75) is 6.61 Å². The summed E-state index contributed by atoms with van der Waals surface area (Å²) in [6.45, 7) is -0.562. The number of aliphatic hydroxyl groups is 1. The molecule has 1 rings (SSSR count). The number of hydrogen-bond acceptors (Lipinski definition) is 6. The van der Waals surface area contributed by atoms with Crippen molar-refractivity contribution in [1.82, 2.24) is 6.15 Å². The number of aliphatic hydroxyl groups excluding tert-OH is 1. The number of carbonyl (C=O) groups excluding carboxylic acids is 2. The first-order valence-corrected chi connectivity index (χ1v) is 5.08. The van der Waals surface area contributed by atoms with Gasteiger partial charge in [0.1, 0.15) is 6.61 Å². The summed E-state index contributed by atoms with van der Waals surface area (Å²) in [5.74, 6) is -2.86. The molecule has 0 saturated carbocycles. The van der Waals surface area contributed by atoms with Gasteiger partial charge in [0.25, 0.3) is 0 Å². The molecule has 0 saturated heterocycles. The number of ether oxygens (including phenoxy) is 2. The van der Waals surface area contributed by atoms with E-state index in [1.54, 1.807) is 12.1 Å². The molecule has 1 aromatic rings. The molecule has 0 aliphatic heterocycles. The fraction of sp³-hybridized carbons (Fsp3) is 0.333. The topological polar surface area (TPSA) is 108 Å². The minimum Gasteiger partial charge on any atom is -0.468 e. The first-order chi connectivity index (χ1) is 8.19. The van der Waals surface area contributed by atoms with E-state index < -0.39 is 24.5 Å². The molecular formula is C12H17NO5. The molecule has 0 spiro atoms. The molecule has 18 heavy (non-hydrogen) atoms. The Labute approximate surface area is 105 Å². The molecule has 6 heteroatoms. The lowest BCUT2D eigenvalue weighted by atomic mass is 10.1. The van der Waals surface area contributed by atoms with E-state index in [0.717, 1.165) is 12.7 Å². The fourth-order valence-corrected chi connectivity index (χ4v) is 1.22. The van der Waals surface area contributed by atoms with E-state index in [4.69, 9.17) is 9.84 Å². The molecule has 0 amide bonds. The minimum absolute atomic E-state index is 0. The van der Waals surface area contributed by atoms with Gasteiger partial charge in [-0.1, -0.05) is 30.3 Å². The molecule has 0 heterocycles. The second-order valence-corrected chi connectivity index (χ2v) is 3.35. The van der Waals surface area contributed by atoms with Gasteiger partial charge >= 0.3 is 11.9 Å². The van der Waals surface area contributed by atoms with E-state index in [9.17, 15) is 9.59 Å². The molecule has 0 fully saturated rings. The molecule has 1 aromatic carbocycles. The molecule has 100 valence electrons. The highest BCUT2D eigenvalue weighted by molar-refractivity contribution is 5.94. The zero-order chi connectivity index (χ0) is 12.7. The van der Waals surface area contributed by atoms with Crippen LogP contribution < -0.4 is 6.15 Å². The van der Waals surface area contributed by atoms with Crippen LogP contribution in [0.5, 0.6) is 0 Å². The van der Waals surface area contributed by atoms with Crippen molar-refractivity contribution in [2.24, 2.45) is 5.92 Å². The van der Waals surface area contributed by atoms with Gasteiger partial charge in [0.05, 0.1) is 13.7 Å². The van der Waals surface area contributed by atoms with Crippen molar-refractivity contribution in [1.29, 1.82) is 0 Å². The molecular weight excluding hydrogens is 238 g/mol. The van der Waals surface area contributed by atoms with Crippen LogP contribution in [0.3, 0.4) is 0 Å². The molecule has 0 aliphatic carbocycles. The number of benzene rings is 1. The Bertz CT molecular complexity index is 379. The maximum absolute atomic E-state index is 11.5. The first kappa shape index (κ1) is 16.1. The lowest BCUT2D eigenvalue weighted by Crippen LogP contribution is -2.30. The normalized spacial score (nSPS) is 11.0. The molecule has 0 aliphatic rings. The molecule has 1 atom stereocenters. The number of methoxy groups -OCH3 is 1. The van der Waals surface area contributed by atoms with Crippen molar-refractivity contribution >= 4 is 11.9 Å². The summed E-state index contributed by atoms with van der Waals surface area (Å²) < 4.78 is 9.28. The summed E-state index contributed by atoms with van der Waals surface area (Å²) in [7, 11) is 1.15. The van der Waals surface area contributed by atoms with Crippen LogP contribution in [0.4, 0.5) is 0 Å². The second kappa shape index (κ2) is 8.21. The largest absolute Gasteiger partial charge is 0.468 e. The van der Waals surface area contributed by atoms with E-state index in [1.165, 1.54) is 0 Å². The Morgan fingerprint density at radius 3 is 2.33 bits per heavy atom. The zero-order valence-corrected chi connectivity index (χ0v) is 10.2. The number of rotatable bonds is 5. The van der Waals surface area contributed by atoms with Crippen LogP contribution in [0.1, 0.15) is 5.56 Å². The molecule has 0 aromatic heterocycles. The minimum atomic E-state index is -1.27. The van der Waals surface area contributed by atoms with Gasteiger partial charge in [-0.25, -0.2) is 0 Å². The van der Waals surface area contributed by atoms with Crippen LogP contribution in [-0.2, 0) is 25.7 Å². The fourth-order valence-electron chi connectivity index (χ4n) is 1.22. The van der Waals surface area contributed by atoms with Crippen LogP contribution in [0.2, 0.25) is 0 Å². The van der Waals surface area contributed by atoms with Gasteiger partial charge in [-0.2, -0.15) is 0 Å². The summed E-state index contributed by atoms with van der Waals surface area (Å²) >= 11 is 0. The molecule has 0 bridgehead atoms. The van der Waals surface area contributed by atoms with Crippen molar-refractivity contribution in [3.63, 3.8) is 0 Å². The number of hydrogen-bond donors (Lipinski definition) is 2. The Kier molecular flexibility index (Phi) is 7.34. The predicted octanol–water partition coefficient (Wildman–Crippen LogP) is 0.673. The number of esters is 2. The molecule has 0 radical (unpaired) electrons. The molecule has 0 unspecified atom stereocenters. The van der Waals surface area contributed by atoms with E-state index >= 15 is 0 Å². The monoisotopic (exact) mass is 255 g/mol. The Hall–Kier alpha value is -1.92. The lowest BCUT2D eigenvalue weighted by Gasteiger charge is -2.11. The maximum atomic E-state index is 11.5. The molecule has 4 N–H and O–H groups in total. The highest BCUT2D eigenvalue weighted by atomic mass is 16.5. The van der Waals surface area contributed by atoms with Crippen molar-refractivity contribution in [2.75, 3.05) is 13.7 Å². The summed E-state index contributed by atoms with van der Waals surface area (Å²) in [5, 5.41) is 8.89. The van der Waals surface area contributed by atoms with Gasteiger partial charge in [0.2, 0.25) is 0 Å². The third-order valence-corrected chi connectivity index (χ3v) is 2.18.